The monoisotopic (exact) mass is 577 g/mol. The molecule has 0 atom stereocenters. The first-order valence-corrected chi connectivity index (χ1v) is 13.6. The maximum atomic E-state index is 13.9. The number of fused-ring (bicyclic) bond motifs is 1. The standard InChI is InChI=1S/C31H31N9O3/c1-4-20-14-15-33-25(17-20)37-30(42)21-10-12-23(13-11-21)39-27-28(32)34-19-35-29(27)40(31(39)43)24-8-5-7-22(18-24)36-26(41)9-6-16-38(2)3/h5-15,17-19H,4,16H2,1-3H3,(H,36,41)(H2,32,34,35)(H,33,37,42)/b9-6+. The quantitative estimate of drug-likeness (QED) is 0.225. The summed E-state index contributed by atoms with van der Waals surface area (Å²) in [5.74, 6) is -0.0562. The Bertz CT molecular complexity index is 1890. The number of nitrogens with two attached hydrogens (primary N) is 1. The molecule has 0 aliphatic rings. The van der Waals surface area contributed by atoms with Crippen LogP contribution in [-0.2, 0) is 11.2 Å². The molecule has 0 radical (unpaired) electrons. The van der Waals surface area contributed by atoms with Crippen LogP contribution >= 0.6 is 0 Å². The Kier molecular flexibility index (Phi) is 8.39. The van der Waals surface area contributed by atoms with Gasteiger partial charge in [0.05, 0.1) is 11.4 Å². The van der Waals surface area contributed by atoms with Gasteiger partial charge in [-0.3, -0.25) is 14.2 Å². The number of aromatic nitrogens is 5. The molecule has 12 nitrogen and oxygen atoms in total. The van der Waals surface area contributed by atoms with Gasteiger partial charge in [0.25, 0.3) is 5.91 Å². The fraction of sp³-hybridized carbons (Fsp3) is 0.161. The Labute approximate surface area is 247 Å². The molecule has 0 aliphatic carbocycles. The summed E-state index contributed by atoms with van der Waals surface area (Å²) in [4.78, 5) is 53.8. The Hall–Kier alpha value is -5.62. The highest BCUT2D eigenvalue weighted by Crippen LogP contribution is 2.24. The Morgan fingerprint density at radius 3 is 2.49 bits per heavy atom. The molecule has 218 valence electrons. The molecule has 2 aromatic carbocycles. The second-order valence-corrected chi connectivity index (χ2v) is 9.99. The first-order chi connectivity index (χ1) is 20.7. The number of hydrogen-bond donors (Lipinski definition) is 3. The van der Waals surface area contributed by atoms with Gasteiger partial charge in [-0.05, 0) is 80.7 Å². The van der Waals surface area contributed by atoms with E-state index in [1.165, 1.54) is 21.5 Å². The molecule has 0 bridgehead atoms. The van der Waals surface area contributed by atoms with Crippen LogP contribution in [-0.4, -0.2) is 61.4 Å². The Morgan fingerprint density at radius 2 is 1.74 bits per heavy atom. The van der Waals surface area contributed by atoms with Crippen molar-refractivity contribution in [2.24, 2.45) is 0 Å². The SMILES string of the molecule is CCc1ccnc(NC(=O)c2ccc(-n3c(=O)n(-c4cccc(NC(=O)/C=C/CN(C)C)c4)c4ncnc(N)c43)cc2)c1. The van der Waals surface area contributed by atoms with Crippen molar-refractivity contribution in [2.45, 2.75) is 13.3 Å². The van der Waals surface area contributed by atoms with E-state index in [1.807, 2.05) is 38.1 Å². The third kappa shape index (κ3) is 6.34. The summed E-state index contributed by atoms with van der Waals surface area (Å²) in [7, 11) is 3.82. The highest BCUT2D eigenvalue weighted by molar-refractivity contribution is 6.04. The van der Waals surface area contributed by atoms with E-state index in [9.17, 15) is 14.4 Å². The van der Waals surface area contributed by atoms with Gasteiger partial charge >= 0.3 is 5.69 Å². The average molecular weight is 578 g/mol. The van der Waals surface area contributed by atoms with Gasteiger partial charge in [-0.25, -0.2) is 24.3 Å². The van der Waals surface area contributed by atoms with E-state index in [-0.39, 0.29) is 23.3 Å². The summed E-state index contributed by atoms with van der Waals surface area (Å²) in [6.45, 7) is 2.65. The van der Waals surface area contributed by atoms with Crippen LogP contribution < -0.4 is 22.1 Å². The molecule has 4 N–H and O–H groups in total. The van der Waals surface area contributed by atoms with Gasteiger partial charge in [0.2, 0.25) is 5.91 Å². The lowest BCUT2D eigenvalue weighted by atomic mass is 10.2. The smallest absolute Gasteiger partial charge is 0.339 e. The van der Waals surface area contributed by atoms with E-state index in [0.717, 1.165) is 12.0 Å². The van der Waals surface area contributed by atoms with Crippen molar-refractivity contribution in [3.05, 3.63) is 107 Å². The molecule has 0 saturated carbocycles. The molecule has 43 heavy (non-hydrogen) atoms. The molecule has 0 saturated heterocycles. The molecule has 2 amide bonds. The van der Waals surface area contributed by atoms with E-state index < -0.39 is 5.69 Å². The highest BCUT2D eigenvalue weighted by Gasteiger charge is 2.21. The molecule has 0 spiro atoms. The van der Waals surface area contributed by atoms with Crippen LogP contribution in [0.25, 0.3) is 22.5 Å². The fourth-order valence-corrected chi connectivity index (χ4v) is 4.51. The second kappa shape index (κ2) is 12.5. The molecule has 3 aromatic heterocycles. The van der Waals surface area contributed by atoms with Crippen molar-refractivity contribution >= 4 is 40.3 Å². The predicted octanol–water partition coefficient (Wildman–Crippen LogP) is 3.42. The Balaban J connectivity index is 1.48. The topological polar surface area (TPSA) is 153 Å². The lowest BCUT2D eigenvalue weighted by Gasteiger charge is -2.08. The number of amides is 2. The number of carbonyl (C=O) groups is 2. The van der Waals surface area contributed by atoms with Gasteiger partial charge in [-0.2, -0.15) is 0 Å². The van der Waals surface area contributed by atoms with E-state index in [1.54, 1.807) is 60.8 Å². The van der Waals surface area contributed by atoms with Crippen molar-refractivity contribution in [1.29, 1.82) is 0 Å². The number of pyridine rings is 1. The molecule has 0 fully saturated rings. The molecule has 12 heteroatoms. The number of nitrogens with zero attached hydrogens (tertiary/aromatic N) is 6. The zero-order valence-corrected chi connectivity index (χ0v) is 24.0. The van der Waals surface area contributed by atoms with Gasteiger partial charge in [0.15, 0.2) is 11.5 Å². The minimum atomic E-state index is -0.450. The Morgan fingerprint density at radius 1 is 0.953 bits per heavy atom. The molecular weight excluding hydrogens is 546 g/mol. The van der Waals surface area contributed by atoms with Crippen LogP contribution in [0.4, 0.5) is 17.3 Å². The van der Waals surface area contributed by atoms with E-state index >= 15 is 0 Å². The third-order valence-corrected chi connectivity index (χ3v) is 6.62. The van der Waals surface area contributed by atoms with Crippen LogP contribution in [0.15, 0.2) is 90.1 Å². The van der Waals surface area contributed by atoms with Crippen molar-refractivity contribution < 1.29 is 9.59 Å². The largest absolute Gasteiger partial charge is 0.382 e. The van der Waals surface area contributed by atoms with Gasteiger partial charge in [0, 0.05) is 30.1 Å². The zero-order chi connectivity index (χ0) is 30.5. The van der Waals surface area contributed by atoms with Crippen LogP contribution in [0.1, 0.15) is 22.8 Å². The number of aryl methyl sites for hydroxylation is 1. The maximum absolute atomic E-state index is 13.9. The minimum absolute atomic E-state index is 0.111. The number of likely N-dealkylation sites (N-methyl/N-ethyl adjacent to an activating group) is 1. The minimum Gasteiger partial charge on any atom is -0.382 e. The number of imidazole rings is 1. The number of rotatable bonds is 9. The number of carbonyl (C=O) groups excluding carboxylic acids is 2. The van der Waals surface area contributed by atoms with Crippen LogP contribution in [0.2, 0.25) is 0 Å². The molecule has 0 aliphatic heterocycles. The molecule has 5 aromatic rings. The van der Waals surface area contributed by atoms with Gasteiger partial charge in [0.1, 0.15) is 17.7 Å². The lowest BCUT2D eigenvalue weighted by molar-refractivity contribution is -0.111. The van der Waals surface area contributed by atoms with E-state index in [4.69, 9.17) is 5.73 Å². The first kappa shape index (κ1) is 28.9. The normalized spacial score (nSPS) is 11.3. The van der Waals surface area contributed by atoms with E-state index in [0.29, 0.717) is 40.5 Å². The molecule has 3 heterocycles. The maximum Gasteiger partial charge on any atom is 0.339 e. The van der Waals surface area contributed by atoms with Crippen LogP contribution in [0.5, 0.6) is 0 Å². The number of benzene rings is 2. The molecular formula is C31H31N9O3. The van der Waals surface area contributed by atoms with Crippen molar-refractivity contribution in [3.63, 3.8) is 0 Å². The number of nitrogens with one attached hydrogen (secondary N) is 2. The third-order valence-electron chi connectivity index (χ3n) is 6.62. The summed E-state index contributed by atoms with van der Waals surface area (Å²) in [5.41, 5.74) is 9.27. The summed E-state index contributed by atoms with van der Waals surface area (Å²) < 4.78 is 2.80. The second-order valence-electron chi connectivity index (χ2n) is 9.99. The summed E-state index contributed by atoms with van der Waals surface area (Å²) in [6, 6.07) is 17.1. The van der Waals surface area contributed by atoms with Crippen molar-refractivity contribution in [2.75, 3.05) is 37.0 Å². The van der Waals surface area contributed by atoms with E-state index in [2.05, 4.69) is 25.6 Å². The van der Waals surface area contributed by atoms with Gasteiger partial charge < -0.3 is 21.3 Å². The van der Waals surface area contributed by atoms with Crippen molar-refractivity contribution in [3.8, 4) is 11.4 Å². The van der Waals surface area contributed by atoms with Crippen LogP contribution in [0, 0.1) is 0 Å². The molecule has 0 unspecified atom stereocenters. The summed E-state index contributed by atoms with van der Waals surface area (Å²) in [5, 5.41) is 5.62. The first-order valence-electron chi connectivity index (χ1n) is 13.6. The number of hydrogen-bond acceptors (Lipinski definition) is 8. The lowest BCUT2D eigenvalue weighted by Crippen LogP contribution is -2.22. The number of anilines is 3. The summed E-state index contributed by atoms with van der Waals surface area (Å²) >= 11 is 0. The zero-order valence-electron chi connectivity index (χ0n) is 24.0. The summed E-state index contributed by atoms with van der Waals surface area (Å²) in [6.07, 6.45) is 6.98. The average Bonchev–Trinajstić information content (AvgIpc) is 3.30. The van der Waals surface area contributed by atoms with Gasteiger partial charge in [-0.15, -0.1) is 0 Å². The van der Waals surface area contributed by atoms with Gasteiger partial charge in [-0.1, -0.05) is 19.1 Å². The molecule has 5 rings (SSSR count). The predicted molar refractivity (Wildman–Crippen MR) is 167 cm³/mol. The van der Waals surface area contributed by atoms with Crippen LogP contribution in [0.3, 0.4) is 0 Å². The van der Waals surface area contributed by atoms with Crippen molar-refractivity contribution in [1.82, 2.24) is 29.0 Å². The fourth-order valence-electron chi connectivity index (χ4n) is 4.51. The highest BCUT2D eigenvalue weighted by atomic mass is 16.2. The number of nitrogen functional groups attached to an aromatic ring is 1.